The van der Waals surface area contributed by atoms with Crippen LogP contribution in [0.4, 0.5) is 0 Å². The number of piperidine rings is 1. The molecule has 3 heterocycles. The van der Waals surface area contributed by atoms with Crippen molar-refractivity contribution in [1.82, 2.24) is 20.1 Å². The number of ether oxygens (including phenoxy) is 1. The van der Waals surface area contributed by atoms with E-state index in [1.807, 2.05) is 56.0 Å². The number of aryl methyl sites for hydroxylation is 1. The molecule has 8 nitrogen and oxygen atoms in total. The Hall–Kier alpha value is -3.26. The molecule has 2 aromatic rings. The van der Waals surface area contributed by atoms with Crippen LogP contribution in [0.5, 0.6) is 0 Å². The summed E-state index contributed by atoms with van der Waals surface area (Å²) in [5, 5.41) is 2.95. The van der Waals surface area contributed by atoms with Crippen molar-refractivity contribution in [2.24, 2.45) is 5.92 Å². The second-order valence-corrected chi connectivity index (χ2v) is 9.87. The van der Waals surface area contributed by atoms with Gasteiger partial charge in [0, 0.05) is 56.9 Å². The van der Waals surface area contributed by atoms with Crippen LogP contribution >= 0.6 is 0 Å². The van der Waals surface area contributed by atoms with Crippen molar-refractivity contribution in [1.29, 1.82) is 0 Å². The zero-order valence-electron chi connectivity index (χ0n) is 20.7. The lowest BCUT2D eigenvalue weighted by Crippen LogP contribution is -2.59. The van der Waals surface area contributed by atoms with Crippen molar-refractivity contribution >= 4 is 17.7 Å². The molecule has 1 spiro atoms. The van der Waals surface area contributed by atoms with Crippen LogP contribution in [0.2, 0.25) is 0 Å². The monoisotopic (exact) mass is 478 g/mol. The quantitative estimate of drug-likeness (QED) is 0.689. The molecule has 2 fully saturated rings. The van der Waals surface area contributed by atoms with Crippen molar-refractivity contribution in [2.45, 2.75) is 58.3 Å². The maximum atomic E-state index is 13.8. The van der Waals surface area contributed by atoms with E-state index in [1.54, 1.807) is 23.4 Å². The van der Waals surface area contributed by atoms with E-state index in [0.29, 0.717) is 44.5 Å². The summed E-state index contributed by atoms with van der Waals surface area (Å²) in [5.41, 5.74) is 1.52. The van der Waals surface area contributed by atoms with E-state index in [9.17, 15) is 14.4 Å². The molecule has 1 N–H and O–H groups in total. The van der Waals surface area contributed by atoms with Crippen LogP contribution in [0.1, 0.15) is 54.6 Å². The summed E-state index contributed by atoms with van der Waals surface area (Å²) >= 11 is 0. The van der Waals surface area contributed by atoms with E-state index in [-0.39, 0.29) is 30.2 Å². The summed E-state index contributed by atoms with van der Waals surface area (Å²) in [6.45, 7) is 7.45. The number of benzene rings is 1. The molecule has 2 aliphatic heterocycles. The summed E-state index contributed by atoms with van der Waals surface area (Å²) in [6.07, 6.45) is 4.80. The lowest BCUT2D eigenvalue weighted by atomic mass is 9.95. The summed E-state index contributed by atoms with van der Waals surface area (Å²) in [7, 11) is 0. The second-order valence-electron chi connectivity index (χ2n) is 9.87. The van der Waals surface area contributed by atoms with Gasteiger partial charge >= 0.3 is 0 Å². The standard InChI is InChI=1S/C27H34N4O4/c1-19(2)15-24(32)30-13-9-27(10-14-30)31(26(34)22-6-4-5-20(3)16-22)23(18-35-27)25(33)29-17-21-7-11-28-12-8-21/h4-8,11-12,16,19,23H,9-10,13-15,17-18H2,1-3H3,(H,29,33)/t23-/m0/s1. The lowest BCUT2D eigenvalue weighted by Gasteiger charge is -2.44. The molecule has 0 saturated carbocycles. The van der Waals surface area contributed by atoms with Crippen LogP contribution in [-0.4, -0.2) is 64.0 Å². The van der Waals surface area contributed by atoms with Crippen LogP contribution in [0.15, 0.2) is 48.8 Å². The zero-order chi connectivity index (χ0) is 25.0. The third-order valence-corrected chi connectivity index (χ3v) is 6.74. The highest BCUT2D eigenvalue weighted by Crippen LogP contribution is 2.38. The van der Waals surface area contributed by atoms with Gasteiger partial charge in [-0.1, -0.05) is 31.5 Å². The van der Waals surface area contributed by atoms with Gasteiger partial charge in [-0.3, -0.25) is 24.3 Å². The predicted octanol–water partition coefficient (Wildman–Crippen LogP) is 2.91. The molecule has 3 amide bonds. The minimum Gasteiger partial charge on any atom is -0.353 e. The summed E-state index contributed by atoms with van der Waals surface area (Å²) in [4.78, 5) is 47.2. The fourth-order valence-corrected chi connectivity index (χ4v) is 4.88. The Kier molecular flexibility index (Phi) is 7.50. The largest absolute Gasteiger partial charge is 0.353 e. The maximum absolute atomic E-state index is 13.8. The second kappa shape index (κ2) is 10.6. The fourth-order valence-electron chi connectivity index (χ4n) is 4.88. The molecule has 1 aromatic carbocycles. The van der Waals surface area contributed by atoms with Crippen LogP contribution in [-0.2, 0) is 20.9 Å². The highest BCUT2D eigenvalue weighted by atomic mass is 16.5. The molecular weight excluding hydrogens is 444 g/mol. The van der Waals surface area contributed by atoms with Gasteiger partial charge in [0.15, 0.2) is 0 Å². The van der Waals surface area contributed by atoms with Gasteiger partial charge in [0.25, 0.3) is 5.91 Å². The summed E-state index contributed by atoms with van der Waals surface area (Å²) < 4.78 is 6.26. The number of carbonyl (C=O) groups excluding carboxylic acids is 3. The first-order chi connectivity index (χ1) is 16.8. The number of rotatable bonds is 6. The van der Waals surface area contributed by atoms with Crippen molar-refractivity contribution in [2.75, 3.05) is 19.7 Å². The molecule has 186 valence electrons. The first-order valence-corrected chi connectivity index (χ1v) is 12.3. The molecule has 1 atom stereocenters. The topological polar surface area (TPSA) is 91.8 Å². The Morgan fingerprint density at radius 1 is 1.14 bits per heavy atom. The van der Waals surface area contributed by atoms with E-state index in [1.165, 1.54) is 0 Å². The van der Waals surface area contributed by atoms with Crippen molar-refractivity contribution in [3.63, 3.8) is 0 Å². The number of likely N-dealkylation sites (tertiary alicyclic amines) is 1. The molecule has 0 unspecified atom stereocenters. The Bertz CT molecular complexity index is 1060. The fraction of sp³-hybridized carbons (Fsp3) is 0.481. The van der Waals surface area contributed by atoms with E-state index in [2.05, 4.69) is 10.3 Å². The SMILES string of the molecule is Cc1cccc(C(=O)N2[C@H](C(=O)NCc3ccncc3)COC23CCN(C(=O)CC(C)C)CC3)c1. The van der Waals surface area contributed by atoms with Gasteiger partial charge in [0.1, 0.15) is 11.8 Å². The van der Waals surface area contributed by atoms with Gasteiger partial charge in [-0.2, -0.15) is 0 Å². The third-order valence-electron chi connectivity index (χ3n) is 6.74. The highest BCUT2D eigenvalue weighted by molar-refractivity contribution is 5.98. The van der Waals surface area contributed by atoms with Gasteiger partial charge in [-0.25, -0.2) is 0 Å². The molecule has 4 rings (SSSR count). The van der Waals surface area contributed by atoms with Crippen molar-refractivity contribution in [3.05, 3.63) is 65.5 Å². The first-order valence-electron chi connectivity index (χ1n) is 12.3. The molecular formula is C27H34N4O4. The highest BCUT2D eigenvalue weighted by Gasteiger charge is 2.54. The van der Waals surface area contributed by atoms with E-state index < -0.39 is 11.8 Å². The number of nitrogens with zero attached hydrogens (tertiary/aromatic N) is 3. The summed E-state index contributed by atoms with van der Waals surface area (Å²) in [5.74, 6) is -0.0692. The molecule has 0 aliphatic carbocycles. The number of aromatic nitrogens is 1. The van der Waals surface area contributed by atoms with Crippen LogP contribution in [0.3, 0.4) is 0 Å². The third kappa shape index (κ3) is 5.53. The normalized spacial score (nSPS) is 19.3. The maximum Gasteiger partial charge on any atom is 0.256 e. The number of hydrogen-bond acceptors (Lipinski definition) is 5. The van der Waals surface area contributed by atoms with Crippen molar-refractivity contribution < 1.29 is 19.1 Å². The smallest absolute Gasteiger partial charge is 0.256 e. The molecule has 1 aromatic heterocycles. The van der Waals surface area contributed by atoms with E-state index in [4.69, 9.17) is 4.74 Å². The summed E-state index contributed by atoms with van der Waals surface area (Å²) in [6, 6.07) is 10.3. The average Bonchev–Trinajstić information content (AvgIpc) is 3.21. The number of hydrogen-bond donors (Lipinski definition) is 1. The van der Waals surface area contributed by atoms with Gasteiger partial charge in [-0.05, 0) is 42.7 Å². The number of amides is 3. The van der Waals surface area contributed by atoms with Crippen LogP contribution in [0.25, 0.3) is 0 Å². The Labute approximate surface area is 206 Å². The number of carbonyl (C=O) groups is 3. The van der Waals surface area contributed by atoms with Crippen LogP contribution < -0.4 is 5.32 Å². The van der Waals surface area contributed by atoms with Crippen LogP contribution in [0, 0.1) is 12.8 Å². The van der Waals surface area contributed by atoms with Gasteiger partial charge in [0.2, 0.25) is 11.8 Å². The zero-order valence-corrected chi connectivity index (χ0v) is 20.7. The Balaban J connectivity index is 1.55. The van der Waals surface area contributed by atoms with Gasteiger partial charge in [0.05, 0.1) is 6.61 Å². The Morgan fingerprint density at radius 2 is 1.86 bits per heavy atom. The molecule has 2 saturated heterocycles. The van der Waals surface area contributed by atoms with E-state index >= 15 is 0 Å². The molecule has 8 heteroatoms. The van der Waals surface area contributed by atoms with Gasteiger partial charge in [-0.15, -0.1) is 0 Å². The van der Waals surface area contributed by atoms with Gasteiger partial charge < -0.3 is 15.0 Å². The molecule has 0 radical (unpaired) electrons. The molecule has 35 heavy (non-hydrogen) atoms. The average molecular weight is 479 g/mol. The van der Waals surface area contributed by atoms with Crippen molar-refractivity contribution in [3.8, 4) is 0 Å². The number of nitrogens with one attached hydrogen (secondary N) is 1. The van der Waals surface area contributed by atoms with E-state index in [0.717, 1.165) is 11.1 Å². The minimum absolute atomic E-state index is 0.121. The minimum atomic E-state index is -0.909. The molecule has 0 bridgehead atoms. The molecule has 2 aliphatic rings. The first kappa shape index (κ1) is 24.9. The number of pyridine rings is 1. The Morgan fingerprint density at radius 3 is 2.51 bits per heavy atom. The lowest BCUT2D eigenvalue weighted by molar-refractivity contribution is -0.144. The predicted molar refractivity (Wildman–Crippen MR) is 131 cm³/mol.